The molecule has 0 bridgehead atoms. The van der Waals surface area contributed by atoms with Gasteiger partial charge in [0.2, 0.25) is 15.9 Å². The number of piperidine rings is 1. The van der Waals surface area contributed by atoms with Crippen LogP contribution < -0.4 is 5.32 Å². The van der Waals surface area contributed by atoms with Crippen molar-refractivity contribution in [3.63, 3.8) is 0 Å². The number of esters is 1. The van der Waals surface area contributed by atoms with Gasteiger partial charge in [-0.2, -0.15) is 0 Å². The van der Waals surface area contributed by atoms with Crippen LogP contribution in [-0.4, -0.2) is 67.7 Å². The maximum atomic E-state index is 12.6. The number of carbonyl (C=O) groups is 2. The molecule has 2 heterocycles. The maximum absolute atomic E-state index is 12.6. The quantitative estimate of drug-likeness (QED) is 0.665. The zero-order valence-corrected chi connectivity index (χ0v) is 17.8. The summed E-state index contributed by atoms with van der Waals surface area (Å²) >= 11 is 0. The summed E-state index contributed by atoms with van der Waals surface area (Å²) in [5.74, 6) is -0.216. The van der Waals surface area contributed by atoms with Crippen molar-refractivity contribution >= 4 is 21.9 Å². The Morgan fingerprint density at radius 1 is 1.21 bits per heavy atom. The normalized spacial score (nSPS) is 19.7. The molecule has 8 nitrogen and oxygen atoms in total. The predicted molar refractivity (Wildman–Crippen MR) is 109 cm³/mol. The van der Waals surface area contributed by atoms with E-state index in [9.17, 15) is 18.0 Å². The Hall–Kier alpha value is -1.97. The minimum atomic E-state index is -3.24. The van der Waals surface area contributed by atoms with Crippen LogP contribution in [-0.2, 0) is 26.1 Å². The van der Waals surface area contributed by atoms with Gasteiger partial charge < -0.3 is 9.64 Å². The molecule has 160 valence electrons. The fraction of sp³-hybridized carbons (Fsp3) is 0.600. The van der Waals surface area contributed by atoms with Crippen LogP contribution in [0.2, 0.25) is 0 Å². The molecule has 1 spiro atoms. The summed E-state index contributed by atoms with van der Waals surface area (Å²) in [5.41, 5.74) is 0.851. The number of nitrogens with one attached hydrogen (secondary N) is 1. The number of hydrogen-bond acceptors (Lipinski definition) is 6. The molecule has 0 atom stereocenters. The lowest BCUT2D eigenvalue weighted by atomic mass is 9.96. The molecule has 1 aromatic rings. The molecule has 29 heavy (non-hydrogen) atoms. The van der Waals surface area contributed by atoms with Gasteiger partial charge in [0.1, 0.15) is 0 Å². The first kappa shape index (κ1) is 21.7. The van der Waals surface area contributed by atoms with E-state index in [4.69, 9.17) is 4.74 Å². The first-order valence-corrected chi connectivity index (χ1v) is 11.6. The second-order valence-corrected chi connectivity index (χ2v) is 9.71. The van der Waals surface area contributed by atoms with Gasteiger partial charge in [0.25, 0.3) is 0 Å². The molecule has 0 saturated carbocycles. The molecule has 2 saturated heterocycles. The van der Waals surface area contributed by atoms with E-state index in [2.05, 4.69) is 5.32 Å². The Balaban J connectivity index is 1.69. The van der Waals surface area contributed by atoms with Crippen LogP contribution in [0.1, 0.15) is 48.5 Å². The van der Waals surface area contributed by atoms with Crippen molar-refractivity contribution in [2.75, 3.05) is 32.5 Å². The number of benzene rings is 1. The van der Waals surface area contributed by atoms with Gasteiger partial charge in [-0.25, -0.2) is 17.5 Å². The van der Waals surface area contributed by atoms with Gasteiger partial charge in [-0.1, -0.05) is 25.5 Å². The van der Waals surface area contributed by atoms with E-state index in [0.29, 0.717) is 44.5 Å². The molecule has 9 heteroatoms. The molecule has 2 fully saturated rings. The minimum absolute atomic E-state index is 0.00401. The third-order valence-corrected chi connectivity index (χ3v) is 7.76. The minimum Gasteiger partial charge on any atom is -0.465 e. The number of rotatable bonds is 7. The van der Waals surface area contributed by atoms with Crippen LogP contribution in [0.15, 0.2) is 24.3 Å². The standard InChI is InChI=1S/C20H29N3O5S/c1-3-4-13-29(26,27)22-11-9-20(10-12-22)21-14-18(24)23(20)15-16-5-7-17(8-6-16)19(25)28-2/h5-8,21H,3-4,9-15H2,1-2H3. The lowest BCUT2D eigenvalue weighted by molar-refractivity contribution is -0.132. The molecule has 0 unspecified atom stereocenters. The highest BCUT2D eigenvalue weighted by Crippen LogP contribution is 2.32. The van der Waals surface area contributed by atoms with Gasteiger partial charge in [0.05, 0.1) is 30.6 Å². The molecule has 1 N–H and O–H groups in total. The van der Waals surface area contributed by atoms with Gasteiger partial charge in [-0.3, -0.25) is 10.1 Å². The van der Waals surface area contributed by atoms with Crippen LogP contribution in [0.3, 0.4) is 0 Å². The highest BCUT2D eigenvalue weighted by molar-refractivity contribution is 7.89. The van der Waals surface area contributed by atoms with Crippen molar-refractivity contribution in [1.29, 1.82) is 0 Å². The van der Waals surface area contributed by atoms with Crippen LogP contribution in [0.25, 0.3) is 0 Å². The van der Waals surface area contributed by atoms with E-state index in [1.54, 1.807) is 16.4 Å². The Bertz CT molecular complexity index is 845. The van der Waals surface area contributed by atoms with Gasteiger partial charge in [-0.05, 0) is 37.0 Å². The van der Waals surface area contributed by atoms with E-state index in [1.807, 2.05) is 24.0 Å². The highest BCUT2D eigenvalue weighted by atomic mass is 32.2. The number of amides is 1. The lowest BCUT2D eigenvalue weighted by Gasteiger charge is -2.44. The molecule has 0 aromatic heterocycles. The fourth-order valence-electron chi connectivity index (χ4n) is 3.99. The predicted octanol–water partition coefficient (Wildman–Crippen LogP) is 1.33. The fourth-order valence-corrected chi connectivity index (χ4v) is 5.64. The summed E-state index contributed by atoms with van der Waals surface area (Å²) in [6.07, 6.45) is 2.62. The molecular weight excluding hydrogens is 394 g/mol. The monoisotopic (exact) mass is 423 g/mol. The summed E-state index contributed by atoms with van der Waals surface area (Å²) in [4.78, 5) is 26.0. The summed E-state index contributed by atoms with van der Waals surface area (Å²) in [6.45, 7) is 3.46. The van der Waals surface area contributed by atoms with Crippen LogP contribution in [0, 0.1) is 0 Å². The number of ether oxygens (including phenoxy) is 1. The summed E-state index contributed by atoms with van der Waals surface area (Å²) in [6, 6.07) is 7.00. The van der Waals surface area contributed by atoms with Crippen molar-refractivity contribution in [3.05, 3.63) is 35.4 Å². The topological polar surface area (TPSA) is 96.0 Å². The lowest BCUT2D eigenvalue weighted by Crippen LogP contribution is -2.59. The third-order valence-electron chi connectivity index (χ3n) is 5.80. The third kappa shape index (κ3) is 4.62. The molecule has 2 aliphatic heterocycles. The van der Waals surface area contributed by atoms with Crippen molar-refractivity contribution in [1.82, 2.24) is 14.5 Å². The van der Waals surface area contributed by atoms with Crippen molar-refractivity contribution < 1.29 is 22.7 Å². The summed E-state index contributed by atoms with van der Waals surface area (Å²) in [7, 11) is -1.90. The van der Waals surface area contributed by atoms with Crippen LogP contribution in [0.4, 0.5) is 0 Å². The van der Waals surface area contributed by atoms with Crippen LogP contribution in [0.5, 0.6) is 0 Å². The number of sulfonamides is 1. The van der Waals surface area contributed by atoms with E-state index in [-0.39, 0.29) is 18.2 Å². The van der Waals surface area contributed by atoms with Crippen LogP contribution >= 0.6 is 0 Å². The van der Waals surface area contributed by atoms with Crippen molar-refractivity contribution in [2.45, 2.75) is 44.8 Å². The van der Waals surface area contributed by atoms with E-state index in [1.165, 1.54) is 7.11 Å². The van der Waals surface area contributed by atoms with Gasteiger partial charge in [0.15, 0.2) is 0 Å². The number of methoxy groups -OCH3 is 1. The van der Waals surface area contributed by atoms with Gasteiger partial charge in [0, 0.05) is 19.6 Å². The molecule has 1 amide bonds. The molecule has 0 radical (unpaired) electrons. The average Bonchev–Trinajstić information content (AvgIpc) is 3.02. The highest BCUT2D eigenvalue weighted by Gasteiger charge is 2.47. The maximum Gasteiger partial charge on any atom is 0.337 e. The zero-order valence-electron chi connectivity index (χ0n) is 17.0. The van der Waals surface area contributed by atoms with Gasteiger partial charge in [-0.15, -0.1) is 0 Å². The first-order chi connectivity index (χ1) is 13.8. The second-order valence-electron chi connectivity index (χ2n) is 7.62. The first-order valence-electron chi connectivity index (χ1n) is 10.0. The van der Waals surface area contributed by atoms with Crippen molar-refractivity contribution in [2.24, 2.45) is 0 Å². The Labute approximate surface area is 172 Å². The average molecular weight is 424 g/mol. The SMILES string of the molecule is CCCCS(=O)(=O)N1CCC2(CC1)NCC(=O)N2Cc1ccc(C(=O)OC)cc1. The molecule has 1 aromatic carbocycles. The largest absolute Gasteiger partial charge is 0.465 e. The molecule has 3 rings (SSSR count). The Morgan fingerprint density at radius 2 is 1.86 bits per heavy atom. The number of nitrogens with zero attached hydrogens (tertiary/aromatic N) is 2. The molecule has 0 aliphatic carbocycles. The van der Waals surface area contributed by atoms with E-state index >= 15 is 0 Å². The molecule has 2 aliphatic rings. The van der Waals surface area contributed by atoms with Crippen molar-refractivity contribution in [3.8, 4) is 0 Å². The van der Waals surface area contributed by atoms with E-state index in [0.717, 1.165) is 12.0 Å². The summed E-state index contributed by atoms with van der Waals surface area (Å²) in [5, 5.41) is 3.33. The number of hydrogen-bond donors (Lipinski definition) is 1. The zero-order chi connectivity index (χ0) is 21.1. The molecular formula is C20H29N3O5S. The number of unbranched alkanes of at least 4 members (excludes halogenated alkanes) is 1. The van der Waals surface area contributed by atoms with E-state index < -0.39 is 21.7 Å². The smallest absolute Gasteiger partial charge is 0.337 e. The second kappa shape index (κ2) is 8.81. The van der Waals surface area contributed by atoms with Gasteiger partial charge >= 0.3 is 5.97 Å². The Kier molecular flexibility index (Phi) is 6.60. The number of carbonyl (C=O) groups excluding carboxylic acids is 2. The summed E-state index contributed by atoms with van der Waals surface area (Å²) < 4.78 is 31.2. The Morgan fingerprint density at radius 3 is 2.45 bits per heavy atom.